The molecule has 5 heteroatoms. The third kappa shape index (κ3) is 3.01. The van der Waals surface area contributed by atoms with Gasteiger partial charge in [-0.15, -0.1) is 0 Å². The zero-order chi connectivity index (χ0) is 20.3. The van der Waals surface area contributed by atoms with Crippen molar-refractivity contribution in [2.75, 3.05) is 10.6 Å². The molecule has 2 aliphatic rings. The lowest BCUT2D eigenvalue weighted by Crippen LogP contribution is -2.31. The number of H-pyrrole nitrogens is 1. The minimum absolute atomic E-state index is 0.0639. The van der Waals surface area contributed by atoms with E-state index in [2.05, 4.69) is 55.4 Å². The van der Waals surface area contributed by atoms with Crippen LogP contribution in [0.5, 0.6) is 0 Å². The molecule has 0 spiro atoms. The summed E-state index contributed by atoms with van der Waals surface area (Å²) in [7, 11) is 0. The maximum atomic E-state index is 13.3. The minimum Gasteiger partial charge on any atom is -0.370 e. The van der Waals surface area contributed by atoms with Gasteiger partial charge in [0.1, 0.15) is 11.9 Å². The largest absolute Gasteiger partial charge is 0.370 e. The van der Waals surface area contributed by atoms with Crippen LogP contribution in [0.25, 0.3) is 11.0 Å². The molecule has 2 heterocycles. The van der Waals surface area contributed by atoms with Crippen LogP contribution in [-0.4, -0.2) is 15.8 Å². The Labute approximate surface area is 170 Å². The van der Waals surface area contributed by atoms with E-state index in [-0.39, 0.29) is 17.2 Å². The highest BCUT2D eigenvalue weighted by Gasteiger charge is 2.39. The van der Waals surface area contributed by atoms with Gasteiger partial charge in [0.2, 0.25) is 0 Å². The predicted molar refractivity (Wildman–Crippen MR) is 117 cm³/mol. The number of aryl methyl sites for hydroxylation is 2. The molecule has 0 amide bonds. The highest BCUT2D eigenvalue weighted by molar-refractivity contribution is 6.01. The summed E-state index contributed by atoms with van der Waals surface area (Å²) < 4.78 is 0. The van der Waals surface area contributed by atoms with E-state index < -0.39 is 0 Å². The smallest absolute Gasteiger partial charge is 0.163 e. The Morgan fingerprint density at radius 1 is 1.03 bits per heavy atom. The van der Waals surface area contributed by atoms with Gasteiger partial charge in [-0.3, -0.25) is 4.79 Å². The average molecular weight is 386 g/mol. The molecular weight excluding hydrogens is 360 g/mol. The Balaban J connectivity index is 1.71. The van der Waals surface area contributed by atoms with Gasteiger partial charge in [0, 0.05) is 17.7 Å². The maximum absolute atomic E-state index is 13.3. The first-order valence-corrected chi connectivity index (χ1v) is 10.2. The maximum Gasteiger partial charge on any atom is 0.163 e. The van der Waals surface area contributed by atoms with Crippen molar-refractivity contribution in [3.63, 3.8) is 0 Å². The second kappa shape index (κ2) is 6.21. The molecule has 0 saturated carbocycles. The van der Waals surface area contributed by atoms with Gasteiger partial charge in [0.25, 0.3) is 0 Å². The minimum atomic E-state index is -0.308. The molecule has 0 radical (unpaired) electrons. The standard InChI is InChI=1S/C24H26N4O/c1-13-9-17-18(10-14(13)2)26-22(23-27-15-7-5-6-8-16(15)28-23)21-19(25-17)11-24(3,4)12-20(21)29/h5-10,22,25-26H,11-12H2,1-4H3,(H,27,28)/t22-/m0/s1. The zero-order valence-corrected chi connectivity index (χ0v) is 17.3. The molecule has 29 heavy (non-hydrogen) atoms. The number of carbonyl (C=O) groups is 1. The highest BCUT2D eigenvalue weighted by Crippen LogP contribution is 2.45. The number of para-hydroxylation sites is 2. The third-order valence-electron chi connectivity index (χ3n) is 6.11. The fraction of sp³-hybridized carbons (Fsp3) is 0.333. The Morgan fingerprint density at radius 2 is 1.76 bits per heavy atom. The van der Waals surface area contributed by atoms with Crippen molar-refractivity contribution in [3.8, 4) is 0 Å². The fourth-order valence-corrected chi connectivity index (χ4v) is 4.52. The van der Waals surface area contributed by atoms with Gasteiger partial charge < -0.3 is 15.6 Å². The van der Waals surface area contributed by atoms with Gasteiger partial charge in [0.05, 0.1) is 22.4 Å². The van der Waals surface area contributed by atoms with Gasteiger partial charge in [-0.1, -0.05) is 26.0 Å². The Hall–Kier alpha value is -3.08. The molecule has 0 fully saturated rings. The van der Waals surface area contributed by atoms with Crippen LogP contribution in [0.3, 0.4) is 0 Å². The zero-order valence-electron chi connectivity index (χ0n) is 17.3. The van der Waals surface area contributed by atoms with E-state index in [0.29, 0.717) is 6.42 Å². The monoisotopic (exact) mass is 386 g/mol. The molecule has 0 unspecified atom stereocenters. The SMILES string of the molecule is Cc1cc2c(cc1C)N[C@H](c1nc3ccccc3[nH]1)C1=C(CC(C)(C)CC1=O)N2. The second-order valence-corrected chi connectivity index (χ2v) is 9.16. The van der Waals surface area contributed by atoms with Crippen LogP contribution in [0.4, 0.5) is 11.4 Å². The van der Waals surface area contributed by atoms with Crippen molar-refractivity contribution in [3.05, 3.63) is 64.6 Å². The van der Waals surface area contributed by atoms with Crippen molar-refractivity contribution in [1.29, 1.82) is 0 Å². The number of carbonyl (C=O) groups excluding carboxylic acids is 1. The molecule has 3 aromatic rings. The quantitative estimate of drug-likeness (QED) is 0.524. The molecular formula is C24H26N4O. The third-order valence-corrected chi connectivity index (χ3v) is 6.11. The number of hydrogen-bond donors (Lipinski definition) is 3. The summed E-state index contributed by atoms with van der Waals surface area (Å²) in [6, 6.07) is 12.0. The van der Waals surface area contributed by atoms with E-state index in [1.54, 1.807) is 0 Å². The van der Waals surface area contributed by atoms with Crippen molar-refractivity contribution in [1.82, 2.24) is 9.97 Å². The van der Waals surface area contributed by atoms with E-state index in [1.165, 1.54) is 11.1 Å². The molecule has 1 aromatic heterocycles. The van der Waals surface area contributed by atoms with E-state index >= 15 is 0 Å². The summed E-state index contributed by atoms with van der Waals surface area (Å²) >= 11 is 0. The number of Topliss-reactive ketones (excluding diaryl/α,β-unsaturated/α-hetero) is 1. The van der Waals surface area contributed by atoms with Crippen LogP contribution in [0.2, 0.25) is 0 Å². The van der Waals surface area contributed by atoms with Crippen LogP contribution < -0.4 is 10.6 Å². The summed E-state index contributed by atoms with van der Waals surface area (Å²) in [5.74, 6) is 0.961. The van der Waals surface area contributed by atoms with Crippen LogP contribution in [0, 0.1) is 19.3 Å². The van der Waals surface area contributed by atoms with Gasteiger partial charge >= 0.3 is 0 Å². The number of benzene rings is 2. The first kappa shape index (κ1) is 18.0. The Bertz CT molecular complexity index is 1150. The first-order chi connectivity index (χ1) is 13.8. The molecule has 5 rings (SSSR count). The first-order valence-electron chi connectivity index (χ1n) is 10.2. The van der Waals surface area contributed by atoms with Crippen molar-refractivity contribution >= 4 is 28.2 Å². The molecule has 1 aliphatic carbocycles. The van der Waals surface area contributed by atoms with Crippen LogP contribution in [0.15, 0.2) is 47.7 Å². The molecule has 5 nitrogen and oxygen atoms in total. The normalized spacial score (nSPS) is 20.6. The number of aromatic amines is 1. The van der Waals surface area contributed by atoms with Crippen LogP contribution in [-0.2, 0) is 4.79 Å². The van der Waals surface area contributed by atoms with E-state index in [1.807, 2.05) is 24.3 Å². The predicted octanol–water partition coefficient (Wildman–Crippen LogP) is 5.40. The summed E-state index contributed by atoms with van der Waals surface area (Å²) in [5.41, 5.74) is 8.09. The number of anilines is 2. The molecule has 2 aromatic carbocycles. The van der Waals surface area contributed by atoms with Crippen molar-refractivity contribution in [2.24, 2.45) is 5.41 Å². The summed E-state index contributed by atoms with van der Waals surface area (Å²) in [5, 5.41) is 7.23. The lowest BCUT2D eigenvalue weighted by molar-refractivity contribution is -0.118. The second-order valence-electron chi connectivity index (χ2n) is 9.16. The topological polar surface area (TPSA) is 69.8 Å². The Morgan fingerprint density at radius 3 is 2.52 bits per heavy atom. The molecule has 0 saturated heterocycles. The fourth-order valence-electron chi connectivity index (χ4n) is 4.52. The number of nitrogens with one attached hydrogen (secondary N) is 3. The molecule has 0 bridgehead atoms. The van der Waals surface area contributed by atoms with Crippen molar-refractivity contribution in [2.45, 2.75) is 46.6 Å². The average Bonchev–Trinajstić information content (AvgIpc) is 3.00. The van der Waals surface area contributed by atoms with Crippen LogP contribution in [0.1, 0.15) is 49.7 Å². The number of rotatable bonds is 1. The molecule has 3 N–H and O–H groups in total. The van der Waals surface area contributed by atoms with Crippen LogP contribution >= 0.6 is 0 Å². The van der Waals surface area contributed by atoms with E-state index in [9.17, 15) is 4.79 Å². The van der Waals surface area contributed by atoms with Gasteiger partial charge in [-0.2, -0.15) is 0 Å². The highest BCUT2D eigenvalue weighted by atomic mass is 16.1. The van der Waals surface area contributed by atoms with Gasteiger partial charge in [0.15, 0.2) is 5.78 Å². The molecule has 1 atom stereocenters. The number of ketones is 1. The lowest BCUT2D eigenvalue weighted by atomic mass is 9.74. The number of allylic oxidation sites excluding steroid dienone is 1. The summed E-state index contributed by atoms with van der Waals surface area (Å²) in [6.07, 6.45) is 1.37. The number of imidazole rings is 1. The molecule has 148 valence electrons. The lowest BCUT2D eigenvalue weighted by Gasteiger charge is -2.33. The van der Waals surface area contributed by atoms with Crippen molar-refractivity contribution < 1.29 is 4.79 Å². The summed E-state index contributed by atoms with van der Waals surface area (Å²) in [6.45, 7) is 8.54. The Kier molecular flexibility index (Phi) is 3.85. The number of fused-ring (bicyclic) bond motifs is 2. The summed E-state index contributed by atoms with van der Waals surface area (Å²) in [4.78, 5) is 21.6. The molecule has 1 aliphatic heterocycles. The number of aromatic nitrogens is 2. The number of hydrogen-bond acceptors (Lipinski definition) is 4. The van der Waals surface area contributed by atoms with E-state index in [4.69, 9.17) is 4.98 Å². The van der Waals surface area contributed by atoms with Gasteiger partial charge in [-0.25, -0.2) is 4.98 Å². The van der Waals surface area contributed by atoms with E-state index in [0.717, 1.165) is 45.9 Å². The van der Waals surface area contributed by atoms with Gasteiger partial charge in [-0.05, 0) is 61.1 Å². The number of nitrogens with zero attached hydrogens (tertiary/aromatic N) is 1.